The third-order valence-electron chi connectivity index (χ3n) is 7.27. The van der Waals surface area contributed by atoms with Gasteiger partial charge < -0.3 is 26.0 Å². The van der Waals surface area contributed by atoms with Crippen LogP contribution in [0.3, 0.4) is 0 Å². The second-order valence-electron chi connectivity index (χ2n) is 13.0. The summed E-state index contributed by atoms with van der Waals surface area (Å²) in [4.78, 5) is 55.4. The number of hydrogen-bond acceptors (Lipinski definition) is 5. The van der Waals surface area contributed by atoms with Crippen LogP contribution in [0.5, 0.6) is 0 Å². The molecule has 0 aromatic heterocycles. The van der Waals surface area contributed by atoms with Gasteiger partial charge in [0.05, 0.1) is 6.42 Å². The fraction of sp³-hybridized carbons (Fsp3) is 0.529. The lowest BCUT2D eigenvalue weighted by Crippen LogP contribution is -2.56. The van der Waals surface area contributed by atoms with Gasteiger partial charge in [-0.05, 0) is 96.4 Å². The van der Waals surface area contributed by atoms with Crippen molar-refractivity contribution in [2.24, 2.45) is 11.7 Å². The molecule has 43 heavy (non-hydrogen) atoms. The highest BCUT2D eigenvalue weighted by Gasteiger charge is 2.40. The second kappa shape index (κ2) is 15.0. The summed E-state index contributed by atoms with van der Waals surface area (Å²) in [6.07, 6.45) is 0.0778. The monoisotopic (exact) mass is 594 g/mol. The van der Waals surface area contributed by atoms with Crippen molar-refractivity contribution in [3.63, 3.8) is 0 Å². The lowest BCUT2D eigenvalue weighted by Gasteiger charge is -2.39. The van der Waals surface area contributed by atoms with Gasteiger partial charge in [-0.3, -0.25) is 14.4 Å². The third-order valence-corrected chi connectivity index (χ3v) is 7.27. The van der Waals surface area contributed by atoms with Crippen molar-refractivity contribution in [1.82, 2.24) is 10.2 Å². The van der Waals surface area contributed by atoms with E-state index in [0.29, 0.717) is 23.6 Å². The quantitative estimate of drug-likeness (QED) is 0.277. The number of para-hydroxylation sites is 1. The van der Waals surface area contributed by atoms with Crippen molar-refractivity contribution < 1.29 is 23.9 Å². The molecule has 4 amide bonds. The summed E-state index contributed by atoms with van der Waals surface area (Å²) in [5, 5.41) is 5.65. The standard InChI is InChI=1S/C34H50N4O5/c1-20(2)14-17-25(7)38(32(41)27(19-28(35)39)36-33(42)43-34(8,9)10)30(26-18-21(3)15-16-22(26)4)31(40)37-29-23(5)12-11-13-24(29)6/h11-13,15-16,18,20,25,27,30H,14,17,19H2,1-10H3,(H2,35,39)(H,36,42)(H,37,40). The van der Waals surface area contributed by atoms with Gasteiger partial charge in [-0.2, -0.15) is 0 Å². The summed E-state index contributed by atoms with van der Waals surface area (Å²) < 4.78 is 5.40. The lowest BCUT2D eigenvalue weighted by atomic mass is 9.93. The van der Waals surface area contributed by atoms with E-state index in [0.717, 1.165) is 28.7 Å². The van der Waals surface area contributed by atoms with E-state index in [1.165, 1.54) is 4.90 Å². The molecule has 0 bridgehead atoms. The molecule has 0 saturated heterocycles. The highest BCUT2D eigenvalue weighted by molar-refractivity contribution is 6.00. The Bertz CT molecular complexity index is 1290. The Kier molecular flexibility index (Phi) is 12.3. The normalized spacial score (nSPS) is 13.6. The van der Waals surface area contributed by atoms with Gasteiger partial charge in [-0.15, -0.1) is 0 Å². The zero-order chi connectivity index (χ0) is 32.6. The van der Waals surface area contributed by atoms with Crippen molar-refractivity contribution in [3.8, 4) is 0 Å². The van der Waals surface area contributed by atoms with E-state index in [1.54, 1.807) is 20.8 Å². The molecule has 0 aliphatic carbocycles. The SMILES string of the molecule is Cc1ccc(C)c(C(C(=O)Nc2c(C)cccc2C)N(C(=O)C(CC(N)=O)NC(=O)OC(C)(C)C)C(C)CCC(C)C)c1. The molecule has 4 N–H and O–H groups in total. The minimum absolute atomic E-state index is 0.350. The predicted molar refractivity (Wildman–Crippen MR) is 171 cm³/mol. The average Bonchev–Trinajstić information content (AvgIpc) is 2.87. The van der Waals surface area contributed by atoms with Crippen LogP contribution in [-0.4, -0.2) is 46.4 Å². The molecule has 9 heteroatoms. The first-order chi connectivity index (χ1) is 19.9. The van der Waals surface area contributed by atoms with Gasteiger partial charge in [-0.1, -0.05) is 55.8 Å². The number of alkyl carbamates (subject to hydrolysis) is 1. The summed E-state index contributed by atoms with van der Waals surface area (Å²) in [5.41, 5.74) is 9.57. The first kappa shape index (κ1) is 35.3. The number of ether oxygens (including phenoxy) is 1. The van der Waals surface area contributed by atoms with Gasteiger partial charge >= 0.3 is 6.09 Å². The number of primary amides is 1. The number of benzene rings is 2. The molecule has 0 aliphatic heterocycles. The first-order valence-corrected chi connectivity index (χ1v) is 15.0. The number of amides is 4. The summed E-state index contributed by atoms with van der Waals surface area (Å²) in [5.74, 6) is -1.41. The van der Waals surface area contributed by atoms with Gasteiger partial charge in [0.1, 0.15) is 17.7 Å². The summed E-state index contributed by atoms with van der Waals surface area (Å²) in [7, 11) is 0. The maximum absolute atomic E-state index is 14.5. The van der Waals surface area contributed by atoms with Gasteiger partial charge in [0.2, 0.25) is 11.8 Å². The minimum Gasteiger partial charge on any atom is -0.444 e. The molecule has 0 spiro atoms. The molecular formula is C34H50N4O5. The molecule has 0 saturated carbocycles. The van der Waals surface area contributed by atoms with E-state index in [1.807, 2.05) is 71.0 Å². The van der Waals surface area contributed by atoms with Crippen LogP contribution in [0.25, 0.3) is 0 Å². The molecule has 2 aromatic carbocycles. The largest absolute Gasteiger partial charge is 0.444 e. The zero-order valence-electron chi connectivity index (χ0n) is 27.5. The Morgan fingerprint density at radius 3 is 2.05 bits per heavy atom. The number of rotatable bonds is 12. The maximum atomic E-state index is 14.5. The van der Waals surface area contributed by atoms with Crippen molar-refractivity contribution in [1.29, 1.82) is 0 Å². The number of hydrogen-bond donors (Lipinski definition) is 3. The van der Waals surface area contributed by atoms with Crippen LogP contribution >= 0.6 is 0 Å². The molecule has 2 rings (SSSR count). The molecule has 9 nitrogen and oxygen atoms in total. The van der Waals surface area contributed by atoms with Crippen LogP contribution < -0.4 is 16.4 Å². The zero-order valence-corrected chi connectivity index (χ0v) is 27.5. The molecule has 0 aliphatic rings. The van der Waals surface area contributed by atoms with Crippen molar-refractivity contribution >= 4 is 29.5 Å². The van der Waals surface area contributed by atoms with Crippen molar-refractivity contribution in [2.75, 3.05) is 5.32 Å². The van der Waals surface area contributed by atoms with Crippen molar-refractivity contribution in [3.05, 3.63) is 64.2 Å². The number of anilines is 1. The maximum Gasteiger partial charge on any atom is 0.408 e. The summed E-state index contributed by atoms with van der Waals surface area (Å²) >= 11 is 0. The summed E-state index contributed by atoms with van der Waals surface area (Å²) in [6, 6.07) is 8.69. The fourth-order valence-corrected chi connectivity index (χ4v) is 5.02. The van der Waals surface area contributed by atoms with E-state index in [9.17, 15) is 19.2 Å². The van der Waals surface area contributed by atoms with E-state index < -0.39 is 54.0 Å². The fourth-order valence-electron chi connectivity index (χ4n) is 5.02. The van der Waals surface area contributed by atoms with E-state index in [2.05, 4.69) is 24.5 Å². The molecular weight excluding hydrogens is 544 g/mol. The predicted octanol–water partition coefficient (Wildman–Crippen LogP) is 6.02. The van der Waals surface area contributed by atoms with Crippen LogP contribution in [0.4, 0.5) is 10.5 Å². The molecule has 0 fully saturated rings. The Morgan fingerprint density at radius 2 is 1.51 bits per heavy atom. The van der Waals surface area contributed by atoms with Crippen LogP contribution in [0, 0.1) is 33.6 Å². The minimum atomic E-state index is -1.34. The van der Waals surface area contributed by atoms with Gasteiger partial charge in [-0.25, -0.2) is 4.79 Å². The summed E-state index contributed by atoms with van der Waals surface area (Å²) in [6.45, 7) is 18.8. The van der Waals surface area contributed by atoms with Crippen LogP contribution in [0.2, 0.25) is 0 Å². The highest BCUT2D eigenvalue weighted by atomic mass is 16.6. The van der Waals surface area contributed by atoms with Gasteiger partial charge in [0.25, 0.3) is 5.91 Å². The van der Waals surface area contributed by atoms with Gasteiger partial charge in [0, 0.05) is 11.7 Å². The average molecular weight is 595 g/mol. The topological polar surface area (TPSA) is 131 Å². The Labute approximate surface area is 256 Å². The van der Waals surface area contributed by atoms with E-state index in [-0.39, 0.29) is 0 Å². The molecule has 236 valence electrons. The highest BCUT2D eigenvalue weighted by Crippen LogP contribution is 2.32. The molecule has 3 unspecified atom stereocenters. The van der Waals surface area contributed by atoms with Crippen molar-refractivity contribution in [2.45, 2.75) is 112 Å². The number of carbonyl (C=O) groups excluding carboxylic acids is 4. The Hall–Kier alpha value is -3.88. The number of nitrogens with one attached hydrogen (secondary N) is 2. The Morgan fingerprint density at radius 1 is 0.907 bits per heavy atom. The molecule has 0 radical (unpaired) electrons. The van der Waals surface area contributed by atoms with E-state index >= 15 is 0 Å². The second-order valence-corrected chi connectivity index (χ2v) is 13.0. The first-order valence-electron chi connectivity index (χ1n) is 15.0. The molecule has 0 heterocycles. The van der Waals surface area contributed by atoms with E-state index in [4.69, 9.17) is 10.5 Å². The van der Waals surface area contributed by atoms with Crippen LogP contribution in [0.1, 0.15) is 94.7 Å². The van der Waals surface area contributed by atoms with Crippen LogP contribution in [0.15, 0.2) is 36.4 Å². The Balaban J connectivity index is 2.74. The number of aryl methyl sites for hydroxylation is 4. The molecule has 2 aromatic rings. The van der Waals surface area contributed by atoms with Gasteiger partial charge in [0.15, 0.2) is 0 Å². The van der Waals surface area contributed by atoms with Crippen LogP contribution in [-0.2, 0) is 19.1 Å². The number of carbonyl (C=O) groups is 4. The molecule has 3 atom stereocenters. The third kappa shape index (κ3) is 10.4. The number of nitrogens with two attached hydrogens (primary N) is 1. The number of nitrogens with zero attached hydrogens (tertiary/aromatic N) is 1. The lowest BCUT2D eigenvalue weighted by molar-refractivity contribution is -0.144. The smallest absolute Gasteiger partial charge is 0.408 e.